The lowest BCUT2D eigenvalue weighted by atomic mass is 10.1. The van der Waals surface area contributed by atoms with Crippen molar-refractivity contribution in [1.82, 2.24) is 15.5 Å². The minimum Gasteiger partial charge on any atom is -0.430 e. The van der Waals surface area contributed by atoms with Crippen molar-refractivity contribution in [1.29, 1.82) is 0 Å². The maximum atomic E-state index is 5.89. The first-order valence-corrected chi connectivity index (χ1v) is 7.75. The van der Waals surface area contributed by atoms with Gasteiger partial charge in [0, 0.05) is 6.04 Å². The first-order chi connectivity index (χ1) is 9.61. The third-order valence-corrected chi connectivity index (χ3v) is 4.33. The Bertz CT molecular complexity index is 620. The second-order valence-corrected chi connectivity index (χ2v) is 6.45. The highest BCUT2D eigenvalue weighted by Gasteiger charge is 2.21. The van der Waals surface area contributed by atoms with Crippen molar-refractivity contribution < 1.29 is 4.74 Å². The summed E-state index contributed by atoms with van der Waals surface area (Å²) in [6, 6.07) is 4.89. The van der Waals surface area contributed by atoms with Gasteiger partial charge in [0.05, 0.1) is 6.54 Å². The van der Waals surface area contributed by atoms with Gasteiger partial charge in [-0.05, 0) is 56.4 Å². The molecule has 3 rings (SSSR count). The first kappa shape index (κ1) is 13.5. The Labute approximate surface area is 123 Å². The number of aromatic nitrogens is 2. The summed E-state index contributed by atoms with van der Waals surface area (Å²) < 4.78 is 5.89. The predicted molar refractivity (Wildman–Crippen MR) is 80.5 cm³/mol. The molecule has 1 aliphatic carbocycles. The van der Waals surface area contributed by atoms with Gasteiger partial charge in [-0.25, -0.2) is 0 Å². The largest absolute Gasteiger partial charge is 0.430 e. The van der Waals surface area contributed by atoms with Gasteiger partial charge in [-0.3, -0.25) is 0 Å². The quantitative estimate of drug-likeness (QED) is 0.915. The van der Waals surface area contributed by atoms with Crippen LogP contribution in [0.1, 0.15) is 34.5 Å². The van der Waals surface area contributed by atoms with E-state index in [2.05, 4.69) is 42.4 Å². The van der Waals surface area contributed by atoms with E-state index in [0.29, 0.717) is 11.2 Å². The number of nitrogens with zero attached hydrogens (tertiary/aromatic N) is 2. The standard InChI is InChI=1S/C15H19N3OS/c1-9-6-10(2)11(3)13(7-9)19-15-18-17-14(20-15)8-16-12-4-5-12/h6-7,12,16H,4-5,8H2,1-3H3. The van der Waals surface area contributed by atoms with Crippen LogP contribution < -0.4 is 10.1 Å². The summed E-state index contributed by atoms with van der Waals surface area (Å²) in [5, 5.41) is 13.3. The molecule has 1 heterocycles. The van der Waals surface area contributed by atoms with Crippen molar-refractivity contribution in [2.45, 2.75) is 46.2 Å². The predicted octanol–water partition coefficient (Wildman–Crippen LogP) is 3.51. The van der Waals surface area contributed by atoms with Crippen LogP contribution in [0.4, 0.5) is 0 Å². The lowest BCUT2D eigenvalue weighted by molar-refractivity contribution is 0.468. The molecule has 0 amide bonds. The van der Waals surface area contributed by atoms with Crippen molar-refractivity contribution in [2.75, 3.05) is 0 Å². The molecular formula is C15H19N3OS. The average molecular weight is 289 g/mol. The van der Waals surface area contributed by atoms with Crippen LogP contribution in [0.5, 0.6) is 10.9 Å². The fourth-order valence-electron chi connectivity index (χ4n) is 2.07. The number of ether oxygens (including phenoxy) is 1. The van der Waals surface area contributed by atoms with Crippen LogP contribution in [-0.4, -0.2) is 16.2 Å². The van der Waals surface area contributed by atoms with Gasteiger partial charge in [-0.2, -0.15) is 0 Å². The fourth-order valence-corrected chi connectivity index (χ4v) is 2.72. The molecule has 1 aromatic heterocycles. The molecule has 106 valence electrons. The summed E-state index contributed by atoms with van der Waals surface area (Å²) >= 11 is 1.51. The minimum absolute atomic E-state index is 0.616. The van der Waals surface area contributed by atoms with E-state index in [4.69, 9.17) is 4.74 Å². The highest BCUT2D eigenvalue weighted by atomic mass is 32.1. The van der Waals surface area contributed by atoms with Crippen molar-refractivity contribution >= 4 is 11.3 Å². The minimum atomic E-state index is 0.616. The number of nitrogens with one attached hydrogen (secondary N) is 1. The summed E-state index contributed by atoms with van der Waals surface area (Å²) in [6.45, 7) is 7.03. The summed E-state index contributed by atoms with van der Waals surface area (Å²) in [5.41, 5.74) is 3.59. The molecule has 0 radical (unpaired) electrons. The summed E-state index contributed by atoms with van der Waals surface area (Å²) in [7, 11) is 0. The van der Waals surface area contributed by atoms with Crippen LogP contribution in [0.15, 0.2) is 12.1 Å². The highest BCUT2D eigenvalue weighted by molar-refractivity contribution is 7.13. The molecule has 4 nitrogen and oxygen atoms in total. The van der Waals surface area contributed by atoms with E-state index < -0.39 is 0 Å². The van der Waals surface area contributed by atoms with Crippen molar-refractivity contribution in [2.24, 2.45) is 0 Å². The molecule has 1 saturated carbocycles. The van der Waals surface area contributed by atoms with Crippen molar-refractivity contribution in [3.8, 4) is 10.9 Å². The van der Waals surface area contributed by atoms with E-state index in [1.165, 1.54) is 35.3 Å². The Morgan fingerprint density at radius 1 is 1.25 bits per heavy atom. The third-order valence-electron chi connectivity index (χ3n) is 3.53. The van der Waals surface area contributed by atoms with Crippen LogP contribution in [0, 0.1) is 20.8 Å². The number of hydrogen-bond donors (Lipinski definition) is 1. The maximum absolute atomic E-state index is 5.89. The van der Waals surface area contributed by atoms with Gasteiger partial charge in [0.15, 0.2) is 0 Å². The van der Waals surface area contributed by atoms with Crippen LogP contribution in [0.2, 0.25) is 0 Å². The molecule has 20 heavy (non-hydrogen) atoms. The van der Waals surface area contributed by atoms with Gasteiger partial charge < -0.3 is 10.1 Å². The second kappa shape index (κ2) is 5.50. The maximum Gasteiger partial charge on any atom is 0.299 e. The number of rotatable bonds is 5. The van der Waals surface area contributed by atoms with Crippen LogP contribution >= 0.6 is 11.3 Å². The lowest BCUT2D eigenvalue weighted by Gasteiger charge is -2.09. The lowest BCUT2D eigenvalue weighted by Crippen LogP contribution is -2.14. The second-order valence-electron chi connectivity index (χ2n) is 5.42. The monoisotopic (exact) mass is 289 g/mol. The molecule has 0 bridgehead atoms. The van der Waals surface area contributed by atoms with Gasteiger partial charge >= 0.3 is 0 Å². The van der Waals surface area contributed by atoms with Gasteiger partial charge in [-0.1, -0.05) is 22.5 Å². The summed E-state index contributed by atoms with van der Waals surface area (Å²) in [6.07, 6.45) is 2.56. The van der Waals surface area contributed by atoms with Gasteiger partial charge in [0.2, 0.25) is 0 Å². The molecule has 0 spiro atoms. The average Bonchev–Trinajstić information content (AvgIpc) is 3.13. The van der Waals surface area contributed by atoms with E-state index in [1.54, 1.807) is 0 Å². The number of hydrogen-bond acceptors (Lipinski definition) is 5. The zero-order valence-corrected chi connectivity index (χ0v) is 12.9. The Kier molecular flexibility index (Phi) is 3.72. The third kappa shape index (κ3) is 3.16. The Morgan fingerprint density at radius 2 is 2.05 bits per heavy atom. The Hall–Kier alpha value is -1.46. The molecule has 1 N–H and O–H groups in total. The molecule has 0 aliphatic heterocycles. The zero-order chi connectivity index (χ0) is 14.1. The normalized spacial score (nSPS) is 14.6. The van der Waals surface area contributed by atoms with E-state index in [-0.39, 0.29) is 0 Å². The Balaban J connectivity index is 1.70. The smallest absolute Gasteiger partial charge is 0.299 e. The molecule has 0 atom stereocenters. The molecular weight excluding hydrogens is 270 g/mol. The molecule has 1 aromatic carbocycles. The molecule has 0 saturated heterocycles. The van der Waals surface area contributed by atoms with Crippen LogP contribution in [0.3, 0.4) is 0 Å². The van der Waals surface area contributed by atoms with Crippen LogP contribution in [-0.2, 0) is 6.54 Å². The van der Waals surface area contributed by atoms with E-state index in [9.17, 15) is 0 Å². The van der Waals surface area contributed by atoms with E-state index >= 15 is 0 Å². The van der Waals surface area contributed by atoms with Gasteiger partial charge in [0.1, 0.15) is 10.8 Å². The first-order valence-electron chi connectivity index (χ1n) is 6.93. The van der Waals surface area contributed by atoms with Gasteiger partial charge in [0.25, 0.3) is 5.19 Å². The molecule has 5 heteroatoms. The fraction of sp³-hybridized carbons (Fsp3) is 0.467. The van der Waals surface area contributed by atoms with Crippen molar-refractivity contribution in [3.63, 3.8) is 0 Å². The SMILES string of the molecule is Cc1cc(C)c(C)c(Oc2nnc(CNC3CC3)s2)c1. The zero-order valence-electron chi connectivity index (χ0n) is 12.1. The molecule has 1 fully saturated rings. The molecule has 2 aromatic rings. The Morgan fingerprint density at radius 3 is 2.80 bits per heavy atom. The number of benzene rings is 1. The number of aryl methyl sites for hydroxylation is 2. The summed E-state index contributed by atoms with van der Waals surface area (Å²) in [5.74, 6) is 0.875. The van der Waals surface area contributed by atoms with E-state index in [0.717, 1.165) is 22.9 Å². The van der Waals surface area contributed by atoms with Crippen molar-refractivity contribution in [3.05, 3.63) is 33.8 Å². The summed E-state index contributed by atoms with van der Waals surface area (Å²) in [4.78, 5) is 0. The molecule has 0 unspecified atom stereocenters. The topological polar surface area (TPSA) is 47.0 Å². The van der Waals surface area contributed by atoms with Crippen LogP contribution in [0.25, 0.3) is 0 Å². The molecule has 1 aliphatic rings. The highest BCUT2D eigenvalue weighted by Crippen LogP contribution is 2.30. The van der Waals surface area contributed by atoms with E-state index in [1.807, 2.05) is 6.07 Å². The van der Waals surface area contributed by atoms with Gasteiger partial charge in [-0.15, -0.1) is 5.10 Å².